The highest BCUT2D eigenvalue weighted by molar-refractivity contribution is 7.10. The lowest BCUT2D eigenvalue weighted by atomic mass is 10.1. The predicted octanol–water partition coefficient (Wildman–Crippen LogP) is 2.72. The molecular formula is C14H16N2OS. The summed E-state index contributed by atoms with van der Waals surface area (Å²) in [4.78, 5) is 14.8. The molecule has 1 aromatic heterocycles. The second-order valence-electron chi connectivity index (χ2n) is 4.18. The highest BCUT2D eigenvalue weighted by atomic mass is 32.1. The smallest absolute Gasteiger partial charge is 0.249 e. The molecule has 0 spiro atoms. The zero-order valence-electron chi connectivity index (χ0n) is 10.5. The van der Waals surface area contributed by atoms with Crippen LogP contribution in [-0.2, 0) is 4.79 Å². The topological polar surface area (TPSA) is 46.3 Å². The summed E-state index contributed by atoms with van der Waals surface area (Å²) in [6.07, 6.45) is 0. The molecule has 0 fully saturated rings. The molecule has 2 rings (SSSR count). The molecule has 2 aromatic rings. The first-order valence-electron chi connectivity index (χ1n) is 5.73. The number of nitrogens with zero attached hydrogens (tertiary/aromatic N) is 1. The van der Waals surface area contributed by atoms with E-state index < -0.39 is 6.04 Å². The minimum absolute atomic E-state index is 0.0910. The number of aryl methyl sites for hydroxylation is 1. The number of hydrogen-bond donors (Lipinski definition) is 1. The van der Waals surface area contributed by atoms with Crippen molar-refractivity contribution in [2.75, 3.05) is 11.9 Å². The van der Waals surface area contributed by atoms with Crippen LogP contribution in [0.15, 0.2) is 41.8 Å². The zero-order chi connectivity index (χ0) is 13.1. The van der Waals surface area contributed by atoms with Gasteiger partial charge in [0.05, 0.1) is 0 Å². The van der Waals surface area contributed by atoms with Crippen LogP contribution in [-0.4, -0.2) is 13.0 Å². The molecule has 1 atom stereocenters. The van der Waals surface area contributed by atoms with Gasteiger partial charge < -0.3 is 10.6 Å². The highest BCUT2D eigenvalue weighted by Gasteiger charge is 2.22. The summed E-state index contributed by atoms with van der Waals surface area (Å²) < 4.78 is 0. The molecule has 1 heterocycles. The molecule has 94 valence electrons. The van der Waals surface area contributed by atoms with E-state index in [1.807, 2.05) is 48.7 Å². The molecule has 0 saturated carbocycles. The molecule has 2 N–H and O–H groups in total. The van der Waals surface area contributed by atoms with E-state index in [0.717, 1.165) is 16.1 Å². The summed E-state index contributed by atoms with van der Waals surface area (Å²) >= 11 is 1.50. The largest absolute Gasteiger partial charge is 0.316 e. The number of rotatable bonds is 3. The maximum atomic E-state index is 12.3. The Hall–Kier alpha value is -1.65. The fourth-order valence-electron chi connectivity index (χ4n) is 1.86. The number of carbonyl (C=O) groups is 1. The van der Waals surface area contributed by atoms with Crippen molar-refractivity contribution in [2.24, 2.45) is 5.73 Å². The van der Waals surface area contributed by atoms with Crippen LogP contribution < -0.4 is 10.6 Å². The first-order chi connectivity index (χ1) is 8.61. The number of carbonyl (C=O) groups excluding carboxylic acids is 1. The number of anilines is 1. The van der Waals surface area contributed by atoms with Crippen molar-refractivity contribution < 1.29 is 4.79 Å². The summed E-state index contributed by atoms with van der Waals surface area (Å²) in [5.74, 6) is -0.0910. The molecular weight excluding hydrogens is 244 g/mol. The van der Waals surface area contributed by atoms with Crippen LogP contribution in [0, 0.1) is 6.92 Å². The number of benzene rings is 1. The van der Waals surface area contributed by atoms with Crippen molar-refractivity contribution in [2.45, 2.75) is 13.0 Å². The van der Waals surface area contributed by atoms with Crippen LogP contribution in [0.2, 0.25) is 0 Å². The minimum Gasteiger partial charge on any atom is -0.316 e. The van der Waals surface area contributed by atoms with E-state index in [1.54, 1.807) is 11.9 Å². The number of para-hydroxylation sites is 1. The Morgan fingerprint density at radius 2 is 2.00 bits per heavy atom. The van der Waals surface area contributed by atoms with Crippen LogP contribution in [0.25, 0.3) is 0 Å². The minimum atomic E-state index is -0.588. The van der Waals surface area contributed by atoms with Crippen LogP contribution >= 0.6 is 11.3 Å². The zero-order valence-corrected chi connectivity index (χ0v) is 11.3. The van der Waals surface area contributed by atoms with Gasteiger partial charge in [0.1, 0.15) is 6.04 Å². The summed E-state index contributed by atoms with van der Waals surface area (Å²) in [7, 11) is 1.76. The molecule has 0 aliphatic rings. The van der Waals surface area contributed by atoms with E-state index >= 15 is 0 Å². The second kappa shape index (κ2) is 5.33. The summed E-state index contributed by atoms with van der Waals surface area (Å²) in [5, 5.41) is 1.93. The molecule has 18 heavy (non-hydrogen) atoms. The number of likely N-dealkylation sites (N-methyl/N-ethyl adjacent to an activating group) is 1. The third-order valence-corrected chi connectivity index (χ3v) is 3.88. The first kappa shape index (κ1) is 12.8. The van der Waals surface area contributed by atoms with Crippen molar-refractivity contribution in [1.29, 1.82) is 0 Å². The Morgan fingerprint density at radius 3 is 2.61 bits per heavy atom. The van der Waals surface area contributed by atoms with Gasteiger partial charge in [-0.2, -0.15) is 0 Å². The molecule has 3 nitrogen and oxygen atoms in total. The molecule has 1 amide bonds. The average molecular weight is 260 g/mol. The Bertz CT molecular complexity index is 536. The van der Waals surface area contributed by atoms with Crippen molar-refractivity contribution in [3.05, 3.63) is 52.2 Å². The standard InChI is InChI=1S/C14H16N2OS/c1-10-6-3-4-7-11(10)16(2)14(17)13(15)12-8-5-9-18-12/h3-9,13H,15H2,1-2H3. The molecule has 0 bridgehead atoms. The van der Waals surface area contributed by atoms with Crippen LogP contribution in [0.3, 0.4) is 0 Å². The van der Waals surface area contributed by atoms with Gasteiger partial charge in [0.15, 0.2) is 0 Å². The van der Waals surface area contributed by atoms with E-state index in [-0.39, 0.29) is 5.91 Å². The fourth-order valence-corrected chi connectivity index (χ4v) is 2.58. The van der Waals surface area contributed by atoms with E-state index in [4.69, 9.17) is 5.73 Å². The van der Waals surface area contributed by atoms with Crippen molar-refractivity contribution in [1.82, 2.24) is 0 Å². The molecule has 0 radical (unpaired) electrons. The van der Waals surface area contributed by atoms with Crippen LogP contribution in [0.4, 0.5) is 5.69 Å². The monoisotopic (exact) mass is 260 g/mol. The van der Waals surface area contributed by atoms with Gasteiger partial charge in [-0.1, -0.05) is 24.3 Å². The lowest BCUT2D eigenvalue weighted by Gasteiger charge is -2.22. The molecule has 4 heteroatoms. The summed E-state index contributed by atoms with van der Waals surface area (Å²) in [6.45, 7) is 1.98. The summed E-state index contributed by atoms with van der Waals surface area (Å²) in [5.41, 5.74) is 7.95. The van der Waals surface area contributed by atoms with E-state index in [1.165, 1.54) is 11.3 Å². The Balaban J connectivity index is 2.22. The first-order valence-corrected chi connectivity index (χ1v) is 6.61. The lowest BCUT2D eigenvalue weighted by Crippen LogP contribution is -2.35. The summed E-state index contributed by atoms with van der Waals surface area (Å²) in [6, 6.07) is 11.0. The van der Waals surface area contributed by atoms with Crippen LogP contribution in [0.1, 0.15) is 16.5 Å². The fraction of sp³-hybridized carbons (Fsp3) is 0.214. The average Bonchev–Trinajstić information content (AvgIpc) is 2.90. The Morgan fingerprint density at radius 1 is 1.28 bits per heavy atom. The third-order valence-electron chi connectivity index (χ3n) is 2.92. The second-order valence-corrected chi connectivity index (χ2v) is 5.16. The quantitative estimate of drug-likeness (QED) is 0.922. The Labute approximate surface area is 111 Å². The third kappa shape index (κ3) is 2.44. The maximum absolute atomic E-state index is 12.3. The van der Waals surface area contributed by atoms with E-state index in [0.29, 0.717) is 0 Å². The van der Waals surface area contributed by atoms with Crippen molar-refractivity contribution >= 4 is 22.9 Å². The normalized spacial score (nSPS) is 12.2. The van der Waals surface area contributed by atoms with Gasteiger partial charge in [-0.3, -0.25) is 4.79 Å². The number of amides is 1. The van der Waals surface area contributed by atoms with Gasteiger partial charge in [-0.25, -0.2) is 0 Å². The van der Waals surface area contributed by atoms with Crippen molar-refractivity contribution in [3.63, 3.8) is 0 Å². The van der Waals surface area contributed by atoms with Gasteiger partial charge in [0, 0.05) is 17.6 Å². The van der Waals surface area contributed by atoms with Gasteiger partial charge in [-0.05, 0) is 30.0 Å². The molecule has 0 aliphatic carbocycles. The van der Waals surface area contributed by atoms with Crippen molar-refractivity contribution in [3.8, 4) is 0 Å². The molecule has 0 saturated heterocycles. The number of hydrogen-bond acceptors (Lipinski definition) is 3. The highest BCUT2D eigenvalue weighted by Crippen LogP contribution is 2.23. The predicted molar refractivity (Wildman–Crippen MR) is 75.8 cm³/mol. The van der Waals surface area contributed by atoms with E-state index in [9.17, 15) is 4.79 Å². The molecule has 1 unspecified atom stereocenters. The molecule has 0 aliphatic heterocycles. The maximum Gasteiger partial charge on any atom is 0.249 e. The van der Waals surface area contributed by atoms with Gasteiger partial charge in [0.2, 0.25) is 5.91 Å². The van der Waals surface area contributed by atoms with Gasteiger partial charge in [0.25, 0.3) is 0 Å². The number of nitrogens with two attached hydrogens (primary N) is 1. The number of thiophene rings is 1. The molecule has 1 aromatic carbocycles. The van der Waals surface area contributed by atoms with E-state index in [2.05, 4.69) is 0 Å². The lowest BCUT2D eigenvalue weighted by molar-refractivity contribution is -0.119. The van der Waals surface area contributed by atoms with Crippen LogP contribution in [0.5, 0.6) is 0 Å². The Kier molecular flexibility index (Phi) is 3.79. The SMILES string of the molecule is Cc1ccccc1N(C)C(=O)C(N)c1cccs1. The van der Waals surface area contributed by atoms with Gasteiger partial charge >= 0.3 is 0 Å². The van der Waals surface area contributed by atoms with Gasteiger partial charge in [-0.15, -0.1) is 11.3 Å².